The molecular weight excluding hydrogens is 419 g/mol. The molecule has 0 saturated heterocycles. The van der Waals surface area contributed by atoms with E-state index in [-0.39, 0.29) is 18.7 Å². The molecule has 0 fully saturated rings. The third-order valence-electron chi connectivity index (χ3n) is 3.24. The first-order chi connectivity index (χ1) is 11.5. The van der Waals surface area contributed by atoms with Gasteiger partial charge in [0.2, 0.25) is 11.8 Å². The first kappa shape index (κ1) is 18.1. The molecule has 0 aliphatic carbocycles. The summed E-state index contributed by atoms with van der Waals surface area (Å²) in [6.45, 7) is 1.91. The summed E-state index contributed by atoms with van der Waals surface area (Å²) in [5.74, 6) is -0.802. The second kappa shape index (κ2) is 8.53. The second-order valence-corrected chi connectivity index (χ2v) is 6.37. The maximum atomic E-state index is 12.5. The number of halogens is 1. The van der Waals surface area contributed by atoms with Crippen LogP contribution in [0, 0.1) is 10.5 Å². The van der Waals surface area contributed by atoms with Gasteiger partial charge in [0.05, 0.1) is 11.9 Å². The van der Waals surface area contributed by atoms with E-state index in [1.165, 1.54) is 5.01 Å². The van der Waals surface area contributed by atoms with Crippen LogP contribution in [0.2, 0.25) is 0 Å². The maximum absolute atomic E-state index is 12.5. The largest absolute Gasteiger partial charge is 0.370 e. The number of aryl methyl sites for hydroxylation is 1. The van der Waals surface area contributed by atoms with Gasteiger partial charge in [-0.15, -0.1) is 0 Å². The van der Waals surface area contributed by atoms with Crippen LogP contribution in [0.3, 0.4) is 0 Å². The number of carbonyl (C=O) groups excluding carboxylic acids is 2. The monoisotopic (exact) mass is 436 g/mol. The number of anilines is 1. The number of aromatic nitrogens is 1. The fourth-order valence-electron chi connectivity index (χ4n) is 2.03. The Kier molecular flexibility index (Phi) is 6.42. The number of carbonyl (C=O) groups is 2. The molecule has 1 heterocycles. The molecule has 2 amide bonds. The minimum Gasteiger partial charge on any atom is -0.370 e. The van der Waals surface area contributed by atoms with Crippen molar-refractivity contribution >= 4 is 46.3 Å². The summed E-state index contributed by atoms with van der Waals surface area (Å²) < 4.78 is 1.07. The summed E-state index contributed by atoms with van der Waals surface area (Å²) in [7, 11) is 0. The minimum absolute atomic E-state index is 0.00838. The minimum atomic E-state index is -0.513. The molecule has 24 heavy (non-hydrogen) atoms. The van der Waals surface area contributed by atoms with Crippen LogP contribution in [0.25, 0.3) is 0 Å². The lowest BCUT2D eigenvalue weighted by atomic mass is 10.2. The average molecular weight is 436 g/mol. The van der Waals surface area contributed by atoms with Crippen LogP contribution in [0.15, 0.2) is 47.8 Å². The van der Waals surface area contributed by atoms with Crippen LogP contribution < -0.4 is 10.7 Å². The zero-order valence-corrected chi connectivity index (χ0v) is 15.3. The molecule has 2 N–H and O–H groups in total. The molecule has 0 atom stereocenters. The highest BCUT2D eigenvalue weighted by Gasteiger charge is 2.17. The van der Waals surface area contributed by atoms with Crippen molar-refractivity contribution in [2.45, 2.75) is 19.8 Å². The number of nitrogens with zero attached hydrogens (tertiary/aromatic N) is 3. The van der Waals surface area contributed by atoms with Gasteiger partial charge in [-0.2, -0.15) is 5.10 Å². The molecule has 0 saturated carbocycles. The molecule has 0 spiro atoms. The van der Waals surface area contributed by atoms with Crippen LogP contribution in [-0.2, 0) is 9.59 Å². The Labute approximate surface area is 153 Å². The molecule has 2 rings (SSSR count). The van der Waals surface area contributed by atoms with Gasteiger partial charge in [0, 0.05) is 28.8 Å². The molecule has 124 valence electrons. The number of primary amides is 1. The first-order valence-electron chi connectivity index (χ1n) is 7.29. The molecular formula is C17H17IN4O2. The Hall–Kier alpha value is -2.29. The van der Waals surface area contributed by atoms with E-state index >= 15 is 0 Å². The van der Waals surface area contributed by atoms with Crippen LogP contribution in [0.4, 0.5) is 5.69 Å². The maximum Gasteiger partial charge on any atom is 0.247 e. The number of hydrogen-bond donors (Lipinski definition) is 1. The highest BCUT2D eigenvalue weighted by atomic mass is 127. The summed E-state index contributed by atoms with van der Waals surface area (Å²) in [5, 5.41) is 5.62. The average Bonchev–Trinajstić information content (AvgIpc) is 2.55. The van der Waals surface area contributed by atoms with E-state index in [2.05, 4.69) is 32.7 Å². The van der Waals surface area contributed by atoms with Gasteiger partial charge in [-0.25, -0.2) is 5.01 Å². The van der Waals surface area contributed by atoms with E-state index in [4.69, 9.17) is 5.73 Å². The lowest BCUT2D eigenvalue weighted by Gasteiger charge is -2.19. The molecule has 0 bridgehead atoms. The number of pyridine rings is 1. The molecule has 6 nitrogen and oxygen atoms in total. The molecule has 2 aromatic rings. The molecule has 0 radical (unpaired) electrons. The first-order valence-corrected chi connectivity index (χ1v) is 8.36. The van der Waals surface area contributed by atoms with E-state index < -0.39 is 5.91 Å². The van der Waals surface area contributed by atoms with Crippen LogP contribution >= 0.6 is 22.6 Å². The normalized spacial score (nSPS) is 10.8. The van der Waals surface area contributed by atoms with Crippen molar-refractivity contribution in [2.75, 3.05) is 5.01 Å². The topological polar surface area (TPSA) is 88.7 Å². The van der Waals surface area contributed by atoms with Gasteiger partial charge in [-0.3, -0.25) is 14.6 Å². The highest BCUT2D eigenvalue weighted by molar-refractivity contribution is 14.1. The number of benzene rings is 1. The Morgan fingerprint density at radius 3 is 2.58 bits per heavy atom. The van der Waals surface area contributed by atoms with Crippen LogP contribution in [0.5, 0.6) is 0 Å². The zero-order valence-electron chi connectivity index (χ0n) is 13.1. The van der Waals surface area contributed by atoms with Crippen molar-refractivity contribution < 1.29 is 9.59 Å². The standard InChI is InChI=1S/C17H17IN4O2/c1-12-10-14(18)2-3-15(12)22(17(24)5-4-16(19)23)21-11-13-6-8-20-9-7-13/h2-3,6-11H,4-5H2,1H3,(H2,19,23). The molecule has 7 heteroatoms. The van der Waals surface area contributed by atoms with Crippen molar-refractivity contribution in [3.8, 4) is 0 Å². The third kappa shape index (κ3) is 5.12. The lowest BCUT2D eigenvalue weighted by Crippen LogP contribution is -2.27. The number of nitrogens with two attached hydrogens (primary N) is 1. The summed E-state index contributed by atoms with van der Waals surface area (Å²) in [5.41, 5.74) is 7.55. The number of amides is 2. The molecule has 0 unspecified atom stereocenters. The van der Waals surface area contributed by atoms with E-state index in [1.807, 2.05) is 25.1 Å². The van der Waals surface area contributed by atoms with Gasteiger partial charge in [0.15, 0.2) is 0 Å². The summed E-state index contributed by atoms with van der Waals surface area (Å²) in [6, 6.07) is 9.28. The van der Waals surface area contributed by atoms with Crippen LogP contribution in [-0.4, -0.2) is 23.0 Å². The van der Waals surface area contributed by atoms with Gasteiger partial charge in [0.25, 0.3) is 0 Å². The molecule has 1 aromatic heterocycles. The molecule has 0 aliphatic rings. The fourth-order valence-corrected chi connectivity index (χ4v) is 2.67. The number of hydrazone groups is 1. The second-order valence-electron chi connectivity index (χ2n) is 5.13. The van der Waals surface area contributed by atoms with Crippen molar-refractivity contribution in [3.05, 3.63) is 57.4 Å². The summed E-state index contributed by atoms with van der Waals surface area (Å²) in [4.78, 5) is 27.4. The predicted molar refractivity (Wildman–Crippen MR) is 102 cm³/mol. The van der Waals surface area contributed by atoms with Gasteiger partial charge in [-0.1, -0.05) is 0 Å². The summed E-state index contributed by atoms with van der Waals surface area (Å²) >= 11 is 2.21. The molecule has 1 aromatic carbocycles. The van der Waals surface area contributed by atoms with Crippen molar-refractivity contribution in [2.24, 2.45) is 10.8 Å². The SMILES string of the molecule is Cc1cc(I)ccc1N(N=Cc1ccncc1)C(=O)CCC(N)=O. The van der Waals surface area contributed by atoms with E-state index in [0.717, 1.165) is 14.7 Å². The van der Waals surface area contributed by atoms with E-state index in [9.17, 15) is 9.59 Å². The Balaban J connectivity index is 2.31. The van der Waals surface area contributed by atoms with E-state index in [0.29, 0.717) is 5.69 Å². The molecule has 0 aliphatic heterocycles. The van der Waals surface area contributed by atoms with Crippen molar-refractivity contribution in [3.63, 3.8) is 0 Å². The van der Waals surface area contributed by atoms with Crippen LogP contribution in [0.1, 0.15) is 24.0 Å². The summed E-state index contributed by atoms with van der Waals surface area (Å²) in [6.07, 6.45) is 4.88. The third-order valence-corrected chi connectivity index (χ3v) is 3.91. The Bertz CT molecular complexity index is 762. The van der Waals surface area contributed by atoms with Crippen molar-refractivity contribution in [1.82, 2.24) is 4.98 Å². The smallest absolute Gasteiger partial charge is 0.247 e. The Morgan fingerprint density at radius 1 is 1.25 bits per heavy atom. The lowest BCUT2D eigenvalue weighted by molar-refractivity contribution is -0.123. The highest BCUT2D eigenvalue weighted by Crippen LogP contribution is 2.23. The van der Waals surface area contributed by atoms with Gasteiger partial charge in [-0.05, 0) is 71.0 Å². The van der Waals surface area contributed by atoms with Crippen molar-refractivity contribution in [1.29, 1.82) is 0 Å². The zero-order chi connectivity index (χ0) is 17.5. The van der Waals surface area contributed by atoms with Gasteiger partial charge < -0.3 is 5.73 Å². The number of rotatable bonds is 6. The van der Waals surface area contributed by atoms with Gasteiger partial charge in [0.1, 0.15) is 0 Å². The quantitative estimate of drug-likeness (QED) is 0.429. The number of hydrogen-bond acceptors (Lipinski definition) is 4. The predicted octanol–water partition coefficient (Wildman–Crippen LogP) is 2.63. The van der Waals surface area contributed by atoms with E-state index in [1.54, 1.807) is 30.7 Å². The fraction of sp³-hybridized carbons (Fsp3) is 0.176. The Morgan fingerprint density at radius 2 is 1.96 bits per heavy atom. The van der Waals surface area contributed by atoms with Gasteiger partial charge >= 0.3 is 0 Å².